The van der Waals surface area contributed by atoms with Crippen LogP contribution >= 0.6 is 0 Å². The Morgan fingerprint density at radius 3 is 3.00 bits per heavy atom. The zero-order valence-electron chi connectivity index (χ0n) is 8.95. The molecule has 1 aromatic rings. The molecule has 0 fully saturated rings. The van der Waals surface area contributed by atoms with Crippen LogP contribution in [0.4, 0.5) is 0 Å². The summed E-state index contributed by atoms with van der Waals surface area (Å²) in [6.07, 6.45) is 0.993. The molecule has 3 heteroatoms. The van der Waals surface area contributed by atoms with Crippen LogP contribution in [0.25, 0.3) is 0 Å². The number of esters is 1. The number of ether oxygens (including phenoxy) is 2. The van der Waals surface area contributed by atoms with E-state index in [9.17, 15) is 4.79 Å². The normalized spacial score (nSPS) is 17.6. The van der Waals surface area contributed by atoms with E-state index in [1.165, 1.54) is 18.1 Å². The van der Waals surface area contributed by atoms with Crippen molar-refractivity contribution in [2.45, 2.75) is 19.3 Å². The van der Waals surface area contributed by atoms with E-state index in [1.807, 2.05) is 12.1 Å². The zero-order chi connectivity index (χ0) is 10.8. The molecular weight excluding hydrogens is 192 g/mol. The summed E-state index contributed by atoms with van der Waals surface area (Å²) in [4.78, 5) is 10.7. The van der Waals surface area contributed by atoms with Crippen LogP contribution in [0.5, 0.6) is 5.75 Å². The van der Waals surface area contributed by atoms with E-state index < -0.39 is 0 Å². The van der Waals surface area contributed by atoms with Gasteiger partial charge in [0.2, 0.25) is 0 Å². The van der Waals surface area contributed by atoms with E-state index in [4.69, 9.17) is 9.47 Å². The molecule has 15 heavy (non-hydrogen) atoms. The fraction of sp³-hybridized carbons (Fsp3) is 0.417. The maximum atomic E-state index is 10.7. The highest BCUT2D eigenvalue weighted by Gasteiger charge is 2.27. The van der Waals surface area contributed by atoms with E-state index in [2.05, 4.69) is 6.07 Å². The van der Waals surface area contributed by atoms with Gasteiger partial charge in [-0.15, -0.1) is 0 Å². The molecule has 0 aliphatic heterocycles. The minimum Gasteiger partial charge on any atom is -0.497 e. The van der Waals surface area contributed by atoms with E-state index >= 15 is 0 Å². The summed E-state index contributed by atoms with van der Waals surface area (Å²) < 4.78 is 10.1. The molecule has 80 valence electrons. The first-order valence-electron chi connectivity index (χ1n) is 5.01. The molecule has 1 unspecified atom stereocenters. The fourth-order valence-corrected chi connectivity index (χ4v) is 1.88. The average Bonchev–Trinajstić information content (AvgIpc) is 2.19. The third-order valence-electron chi connectivity index (χ3n) is 2.75. The number of rotatable bonds is 3. The number of carbonyl (C=O) groups is 1. The standard InChI is InChI=1S/C12H14O3/c1-8(13)15-7-10-5-9-3-4-11(14-2)6-12(9)10/h3-4,6,10H,5,7H2,1-2H3. The monoisotopic (exact) mass is 206 g/mol. The van der Waals surface area contributed by atoms with E-state index in [1.54, 1.807) is 7.11 Å². The molecule has 0 amide bonds. The number of benzene rings is 1. The average molecular weight is 206 g/mol. The number of hydrogen-bond donors (Lipinski definition) is 0. The van der Waals surface area contributed by atoms with Crippen LogP contribution in [0.15, 0.2) is 18.2 Å². The summed E-state index contributed by atoms with van der Waals surface area (Å²) in [5.41, 5.74) is 2.57. The predicted molar refractivity (Wildman–Crippen MR) is 56.1 cm³/mol. The Balaban J connectivity index is 2.05. The van der Waals surface area contributed by atoms with Gasteiger partial charge in [-0.05, 0) is 29.7 Å². The van der Waals surface area contributed by atoms with Crippen LogP contribution in [0.2, 0.25) is 0 Å². The molecule has 1 atom stereocenters. The maximum absolute atomic E-state index is 10.7. The van der Waals surface area contributed by atoms with Gasteiger partial charge in [-0.1, -0.05) is 6.07 Å². The van der Waals surface area contributed by atoms with E-state index in [0.29, 0.717) is 12.5 Å². The molecule has 0 saturated heterocycles. The summed E-state index contributed by atoms with van der Waals surface area (Å²) in [5, 5.41) is 0. The van der Waals surface area contributed by atoms with E-state index in [-0.39, 0.29) is 5.97 Å². The summed E-state index contributed by atoms with van der Waals surface area (Å²) in [5.74, 6) is 0.992. The van der Waals surface area contributed by atoms with Crippen molar-refractivity contribution in [2.24, 2.45) is 0 Å². The maximum Gasteiger partial charge on any atom is 0.302 e. The zero-order valence-corrected chi connectivity index (χ0v) is 8.95. The quantitative estimate of drug-likeness (QED) is 0.708. The Labute approximate surface area is 89.0 Å². The molecule has 0 saturated carbocycles. The molecular formula is C12H14O3. The summed E-state index contributed by atoms with van der Waals surface area (Å²) in [6, 6.07) is 6.05. The largest absolute Gasteiger partial charge is 0.497 e. The first-order valence-corrected chi connectivity index (χ1v) is 5.01. The van der Waals surface area contributed by atoms with Crippen LogP contribution in [0, 0.1) is 0 Å². The van der Waals surface area contributed by atoms with Gasteiger partial charge in [-0.2, -0.15) is 0 Å². The second-order valence-electron chi connectivity index (χ2n) is 3.77. The molecule has 2 rings (SSSR count). The van der Waals surface area contributed by atoms with Crippen molar-refractivity contribution < 1.29 is 14.3 Å². The van der Waals surface area contributed by atoms with Gasteiger partial charge in [0.1, 0.15) is 5.75 Å². The van der Waals surface area contributed by atoms with Crippen molar-refractivity contribution in [1.82, 2.24) is 0 Å². The third kappa shape index (κ3) is 1.96. The molecule has 0 aromatic heterocycles. The van der Waals surface area contributed by atoms with Crippen LogP contribution < -0.4 is 4.74 Å². The molecule has 3 nitrogen and oxygen atoms in total. The molecule has 0 spiro atoms. The predicted octanol–water partition coefficient (Wildman–Crippen LogP) is 1.90. The highest BCUT2D eigenvalue weighted by Crippen LogP contribution is 2.37. The molecule has 0 bridgehead atoms. The van der Waals surface area contributed by atoms with Gasteiger partial charge in [0.25, 0.3) is 0 Å². The number of fused-ring (bicyclic) bond motifs is 1. The lowest BCUT2D eigenvalue weighted by atomic mass is 9.78. The Bertz CT molecular complexity index is 384. The van der Waals surface area contributed by atoms with Gasteiger partial charge in [0.05, 0.1) is 13.7 Å². The lowest BCUT2D eigenvalue weighted by molar-refractivity contribution is -0.141. The molecule has 0 heterocycles. The van der Waals surface area contributed by atoms with Crippen LogP contribution in [-0.4, -0.2) is 19.7 Å². The molecule has 1 aliphatic rings. The minimum absolute atomic E-state index is 0.216. The number of methoxy groups -OCH3 is 1. The first-order chi connectivity index (χ1) is 7.20. The van der Waals surface area contributed by atoms with Crippen LogP contribution in [0.1, 0.15) is 24.0 Å². The van der Waals surface area contributed by atoms with Crippen LogP contribution in [0.3, 0.4) is 0 Å². The second-order valence-corrected chi connectivity index (χ2v) is 3.77. The molecule has 1 aromatic carbocycles. The van der Waals surface area contributed by atoms with Crippen molar-refractivity contribution in [3.63, 3.8) is 0 Å². The SMILES string of the molecule is COc1ccc2c(c1)C(COC(C)=O)C2. The molecule has 0 N–H and O–H groups in total. The first kappa shape index (κ1) is 10.0. The fourth-order valence-electron chi connectivity index (χ4n) is 1.88. The van der Waals surface area contributed by atoms with Gasteiger partial charge in [-0.3, -0.25) is 4.79 Å². The van der Waals surface area contributed by atoms with Crippen molar-refractivity contribution >= 4 is 5.97 Å². The van der Waals surface area contributed by atoms with Crippen molar-refractivity contribution in [2.75, 3.05) is 13.7 Å². The summed E-state index contributed by atoms with van der Waals surface area (Å²) >= 11 is 0. The van der Waals surface area contributed by atoms with Gasteiger partial charge >= 0.3 is 5.97 Å². The Kier molecular flexibility index (Phi) is 2.62. The van der Waals surface area contributed by atoms with Crippen molar-refractivity contribution in [3.05, 3.63) is 29.3 Å². The summed E-state index contributed by atoms with van der Waals surface area (Å²) in [6.45, 7) is 1.92. The highest BCUT2D eigenvalue weighted by molar-refractivity contribution is 5.66. The lowest BCUT2D eigenvalue weighted by Crippen LogP contribution is -2.22. The highest BCUT2D eigenvalue weighted by atomic mass is 16.5. The van der Waals surface area contributed by atoms with Gasteiger partial charge in [-0.25, -0.2) is 0 Å². The van der Waals surface area contributed by atoms with Crippen molar-refractivity contribution in [1.29, 1.82) is 0 Å². The van der Waals surface area contributed by atoms with Crippen LogP contribution in [-0.2, 0) is 16.0 Å². The topological polar surface area (TPSA) is 35.5 Å². The molecule has 0 radical (unpaired) electrons. The smallest absolute Gasteiger partial charge is 0.302 e. The minimum atomic E-state index is -0.216. The van der Waals surface area contributed by atoms with Gasteiger partial charge < -0.3 is 9.47 Å². The Morgan fingerprint density at radius 1 is 1.53 bits per heavy atom. The second kappa shape index (κ2) is 3.93. The summed E-state index contributed by atoms with van der Waals surface area (Å²) in [7, 11) is 1.65. The van der Waals surface area contributed by atoms with Gasteiger partial charge in [0.15, 0.2) is 0 Å². The number of hydrogen-bond acceptors (Lipinski definition) is 3. The Hall–Kier alpha value is -1.51. The van der Waals surface area contributed by atoms with Crippen molar-refractivity contribution in [3.8, 4) is 5.75 Å². The lowest BCUT2D eigenvalue weighted by Gasteiger charge is -2.29. The number of carbonyl (C=O) groups excluding carboxylic acids is 1. The van der Waals surface area contributed by atoms with E-state index in [0.717, 1.165) is 12.2 Å². The Morgan fingerprint density at radius 2 is 2.33 bits per heavy atom. The molecule has 1 aliphatic carbocycles. The van der Waals surface area contributed by atoms with Gasteiger partial charge in [0, 0.05) is 12.8 Å². The third-order valence-corrected chi connectivity index (χ3v) is 2.75.